The number of aliphatic carboxylic acids is 1. The highest BCUT2D eigenvalue weighted by atomic mass is 16.4. The van der Waals surface area contributed by atoms with E-state index in [2.05, 4.69) is 18.2 Å². The second-order valence-corrected chi connectivity index (χ2v) is 4.42. The van der Waals surface area contributed by atoms with E-state index in [1.54, 1.807) is 13.0 Å². The van der Waals surface area contributed by atoms with Crippen LogP contribution in [-0.4, -0.2) is 11.1 Å². The normalized spacial score (nSPS) is 11.3. The van der Waals surface area contributed by atoms with Crippen LogP contribution in [0.2, 0.25) is 0 Å². The van der Waals surface area contributed by atoms with Crippen molar-refractivity contribution in [2.75, 3.05) is 0 Å². The molecule has 0 spiro atoms. The molecule has 2 aromatic rings. The van der Waals surface area contributed by atoms with E-state index in [4.69, 9.17) is 5.11 Å². The molecule has 0 aromatic heterocycles. The molecule has 1 N–H and O–H groups in total. The van der Waals surface area contributed by atoms with Gasteiger partial charge in [0.05, 0.1) is 0 Å². The summed E-state index contributed by atoms with van der Waals surface area (Å²) in [7, 11) is 0. The van der Waals surface area contributed by atoms with Gasteiger partial charge < -0.3 is 5.11 Å². The van der Waals surface area contributed by atoms with Crippen LogP contribution >= 0.6 is 0 Å². The minimum absolute atomic E-state index is 0.378. The summed E-state index contributed by atoms with van der Waals surface area (Å²) in [6, 6.07) is 18.2. The van der Waals surface area contributed by atoms with Gasteiger partial charge in [0.1, 0.15) is 0 Å². The molecule has 96 valence electrons. The van der Waals surface area contributed by atoms with Gasteiger partial charge in [-0.15, -0.1) is 0 Å². The molecule has 0 bridgehead atoms. The molecular formula is C17H16O2. The number of rotatable bonds is 4. The smallest absolute Gasteiger partial charge is 0.330 e. The minimum atomic E-state index is -0.864. The molecule has 19 heavy (non-hydrogen) atoms. The summed E-state index contributed by atoms with van der Waals surface area (Å²) >= 11 is 0. The number of hydrogen-bond donors (Lipinski definition) is 1. The van der Waals surface area contributed by atoms with E-state index in [0.717, 1.165) is 16.7 Å². The Balaban J connectivity index is 2.32. The molecule has 0 amide bonds. The first-order valence-corrected chi connectivity index (χ1v) is 6.22. The third kappa shape index (κ3) is 3.32. The zero-order valence-electron chi connectivity index (χ0n) is 10.8. The van der Waals surface area contributed by atoms with Crippen LogP contribution < -0.4 is 0 Å². The van der Waals surface area contributed by atoms with Crippen LogP contribution in [0.15, 0.2) is 66.2 Å². The van der Waals surface area contributed by atoms with E-state index in [-0.39, 0.29) is 0 Å². The quantitative estimate of drug-likeness (QED) is 0.837. The third-order valence-electron chi connectivity index (χ3n) is 3.07. The maximum absolute atomic E-state index is 10.8. The monoisotopic (exact) mass is 252 g/mol. The summed E-state index contributed by atoms with van der Waals surface area (Å²) in [6.07, 6.45) is 2.38. The molecule has 2 rings (SSSR count). The maximum atomic E-state index is 10.8. The van der Waals surface area contributed by atoms with E-state index in [1.165, 1.54) is 0 Å². The van der Waals surface area contributed by atoms with Crippen LogP contribution in [0.1, 0.15) is 12.5 Å². The average Bonchev–Trinajstić information content (AvgIpc) is 2.46. The maximum Gasteiger partial charge on any atom is 0.330 e. The molecule has 0 aliphatic carbocycles. The molecule has 2 nitrogen and oxygen atoms in total. The summed E-state index contributed by atoms with van der Waals surface area (Å²) < 4.78 is 0. The molecule has 0 atom stereocenters. The molecule has 0 heterocycles. The van der Waals surface area contributed by atoms with Gasteiger partial charge in [0.25, 0.3) is 0 Å². The first-order chi connectivity index (χ1) is 9.18. The molecular weight excluding hydrogens is 236 g/mol. The number of carboxylic acid groups (broad SMARTS) is 1. The van der Waals surface area contributed by atoms with Crippen LogP contribution in [0.4, 0.5) is 0 Å². The fourth-order valence-electron chi connectivity index (χ4n) is 1.95. The van der Waals surface area contributed by atoms with Crippen molar-refractivity contribution in [3.05, 3.63) is 71.8 Å². The van der Waals surface area contributed by atoms with E-state index in [9.17, 15) is 4.79 Å². The summed E-state index contributed by atoms with van der Waals surface area (Å²) in [4.78, 5) is 10.8. The lowest BCUT2D eigenvalue weighted by atomic mass is 9.97. The average molecular weight is 252 g/mol. The lowest BCUT2D eigenvalue weighted by Gasteiger charge is -2.08. The van der Waals surface area contributed by atoms with Gasteiger partial charge in [-0.3, -0.25) is 0 Å². The van der Waals surface area contributed by atoms with Crippen LogP contribution in [0.25, 0.3) is 11.1 Å². The summed E-state index contributed by atoms with van der Waals surface area (Å²) in [5, 5.41) is 8.88. The van der Waals surface area contributed by atoms with Crippen LogP contribution in [0.5, 0.6) is 0 Å². The van der Waals surface area contributed by atoms with Gasteiger partial charge in [-0.2, -0.15) is 0 Å². The fourth-order valence-corrected chi connectivity index (χ4v) is 1.95. The largest absolute Gasteiger partial charge is 0.478 e. The van der Waals surface area contributed by atoms with Crippen molar-refractivity contribution in [1.29, 1.82) is 0 Å². The predicted octanol–water partition coefficient (Wildman–Crippen LogP) is 3.93. The Morgan fingerprint density at radius 3 is 2.37 bits per heavy atom. The lowest BCUT2D eigenvalue weighted by Crippen LogP contribution is -1.97. The van der Waals surface area contributed by atoms with Crippen molar-refractivity contribution in [2.24, 2.45) is 0 Å². The molecule has 0 aliphatic heterocycles. The number of carboxylic acids is 1. The second-order valence-electron chi connectivity index (χ2n) is 4.42. The Hall–Kier alpha value is -2.35. The molecule has 2 aromatic carbocycles. The van der Waals surface area contributed by atoms with Gasteiger partial charge in [0.15, 0.2) is 0 Å². The van der Waals surface area contributed by atoms with Crippen LogP contribution in [0, 0.1) is 0 Å². The second kappa shape index (κ2) is 6.01. The number of allylic oxidation sites excluding steroid dienone is 1. The molecule has 0 unspecified atom stereocenters. The van der Waals surface area contributed by atoms with Gasteiger partial charge in [0, 0.05) is 5.57 Å². The van der Waals surface area contributed by atoms with Gasteiger partial charge in [0.2, 0.25) is 0 Å². The highest BCUT2D eigenvalue weighted by Gasteiger charge is 2.04. The van der Waals surface area contributed by atoms with E-state index in [0.29, 0.717) is 12.0 Å². The van der Waals surface area contributed by atoms with Gasteiger partial charge in [-0.05, 0) is 30.0 Å². The van der Waals surface area contributed by atoms with E-state index in [1.807, 2.05) is 36.4 Å². The Labute approximate surface area is 113 Å². The molecule has 2 heteroatoms. The van der Waals surface area contributed by atoms with Crippen molar-refractivity contribution in [3.63, 3.8) is 0 Å². The Morgan fingerprint density at radius 1 is 1.05 bits per heavy atom. The first kappa shape index (κ1) is 13.1. The van der Waals surface area contributed by atoms with Crippen molar-refractivity contribution < 1.29 is 9.90 Å². The van der Waals surface area contributed by atoms with E-state index >= 15 is 0 Å². The molecule has 0 saturated carbocycles. The lowest BCUT2D eigenvalue weighted by molar-refractivity contribution is -0.132. The molecule has 0 aliphatic rings. The van der Waals surface area contributed by atoms with Gasteiger partial charge in [-0.25, -0.2) is 4.79 Å². The van der Waals surface area contributed by atoms with Crippen molar-refractivity contribution in [3.8, 4) is 11.1 Å². The Morgan fingerprint density at radius 2 is 1.68 bits per heavy atom. The zero-order valence-corrected chi connectivity index (χ0v) is 10.8. The van der Waals surface area contributed by atoms with Crippen LogP contribution in [-0.2, 0) is 11.2 Å². The number of benzene rings is 2. The van der Waals surface area contributed by atoms with Crippen molar-refractivity contribution >= 4 is 5.97 Å². The zero-order chi connectivity index (χ0) is 13.7. The van der Waals surface area contributed by atoms with E-state index < -0.39 is 5.97 Å². The number of carbonyl (C=O) groups is 1. The number of hydrogen-bond acceptors (Lipinski definition) is 1. The highest BCUT2D eigenvalue weighted by Crippen LogP contribution is 2.24. The Kier molecular flexibility index (Phi) is 4.14. The first-order valence-electron chi connectivity index (χ1n) is 6.22. The summed E-state index contributed by atoms with van der Waals surface area (Å²) in [6.45, 7) is 1.62. The minimum Gasteiger partial charge on any atom is -0.478 e. The Bertz CT molecular complexity index is 598. The van der Waals surface area contributed by atoms with Gasteiger partial charge >= 0.3 is 5.97 Å². The summed E-state index contributed by atoms with van der Waals surface area (Å²) in [5.41, 5.74) is 3.81. The SMILES string of the molecule is C/C(=C\Cc1ccccc1-c1ccccc1)C(=O)O. The fraction of sp³-hybridized carbons (Fsp3) is 0.118. The molecule has 0 radical (unpaired) electrons. The topological polar surface area (TPSA) is 37.3 Å². The van der Waals surface area contributed by atoms with Crippen LogP contribution in [0.3, 0.4) is 0 Å². The van der Waals surface area contributed by atoms with Gasteiger partial charge in [-0.1, -0.05) is 60.7 Å². The van der Waals surface area contributed by atoms with Crippen molar-refractivity contribution in [2.45, 2.75) is 13.3 Å². The third-order valence-corrected chi connectivity index (χ3v) is 3.07. The molecule has 0 saturated heterocycles. The van der Waals surface area contributed by atoms with Crippen molar-refractivity contribution in [1.82, 2.24) is 0 Å². The predicted molar refractivity (Wildman–Crippen MR) is 77.0 cm³/mol. The summed E-state index contributed by atoms with van der Waals surface area (Å²) in [5.74, 6) is -0.864. The standard InChI is InChI=1S/C17H16O2/c1-13(17(18)19)11-12-15-9-5-6-10-16(15)14-7-3-2-4-8-14/h2-11H,12H2,1H3,(H,18,19)/b13-11+. The highest BCUT2D eigenvalue weighted by molar-refractivity contribution is 5.85. The molecule has 0 fully saturated rings.